The van der Waals surface area contributed by atoms with Crippen molar-refractivity contribution < 1.29 is 23.1 Å². The Labute approximate surface area is 210 Å². The van der Waals surface area contributed by atoms with Crippen molar-refractivity contribution >= 4 is 10.9 Å². The second kappa shape index (κ2) is 8.94. The van der Waals surface area contributed by atoms with E-state index >= 15 is 0 Å². The highest BCUT2D eigenvalue weighted by Gasteiger charge is 2.21. The lowest BCUT2D eigenvalue weighted by atomic mass is 9.97. The molecule has 0 aliphatic rings. The van der Waals surface area contributed by atoms with Crippen LogP contribution in [0.2, 0.25) is 0 Å². The molecule has 9 heteroatoms. The third-order valence-electron chi connectivity index (χ3n) is 6.00. The SMILES string of the molecule is Cc1noc(-c2ccc3c(=O)c(C)cn(-c4cc(C(C)(C)O)ccc4Oc4ccc(F)cc4F)c3c2)n1. The molecule has 7 nitrogen and oxygen atoms in total. The topological polar surface area (TPSA) is 90.4 Å². The molecular weight excluding hydrogens is 480 g/mol. The molecule has 0 spiro atoms. The molecule has 0 saturated carbocycles. The van der Waals surface area contributed by atoms with E-state index in [1.807, 2.05) is 0 Å². The van der Waals surface area contributed by atoms with Crippen LogP contribution in [0.4, 0.5) is 8.78 Å². The number of aryl methyl sites for hydroxylation is 2. The highest BCUT2D eigenvalue weighted by Crippen LogP contribution is 2.35. The lowest BCUT2D eigenvalue weighted by Crippen LogP contribution is -2.17. The maximum Gasteiger partial charge on any atom is 0.257 e. The summed E-state index contributed by atoms with van der Waals surface area (Å²) >= 11 is 0. The summed E-state index contributed by atoms with van der Waals surface area (Å²) in [5, 5.41) is 15.0. The summed E-state index contributed by atoms with van der Waals surface area (Å²) in [6.07, 6.45) is 1.64. The van der Waals surface area contributed by atoms with Crippen LogP contribution in [0.3, 0.4) is 0 Å². The molecule has 5 aromatic rings. The minimum atomic E-state index is -1.20. The summed E-state index contributed by atoms with van der Waals surface area (Å²) in [6, 6.07) is 13.1. The van der Waals surface area contributed by atoms with Gasteiger partial charge in [-0.15, -0.1) is 0 Å². The van der Waals surface area contributed by atoms with Gasteiger partial charge in [-0.3, -0.25) is 4.79 Å². The Morgan fingerprint density at radius 3 is 2.43 bits per heavy atom. The first-order chi connectivity index (χ1) is 17.5. The van der Waals surface area contributed by atoms with Crippen molar-refractivity contribution in [1.29, 1.82) is 0 Å². The van der Waals surface area contributed by atoms with Gasteiger partial charge in [0.25, 0.3) is 5.89 Å². The number of rotatable bonds is 5. The predicted molar refractivity (Wildman–Crippen MR) is 134 cm³/mol. The van der Waals surface area contributed by atoms with E-state index in [9.17, 15) is 18.7 Å². The Morgan fingerprint density at radius 1 is 1.00 bits per heavy atom. The number of nitrogens with zero attached hydrogens (tertiary/aromatic N) is 3. The van der Waals surface area contributed by atoms with E-state index in [0.29, 0.717) is 39.1 Å². The highest BCUT2D eigenvalue weighted by atomic mass is 19.1. The van der Waals surface area contributed by atoms with Crippen LogP contribution in [0.15, 0.2) is 70.1 Å². The van der Waals surface area contributed by atoms with E-state index in [4.69, 9.17) is 9.26 Å². The monoisotopic (exact) mass is 503 g/mol. The van der Waals surface area contributed by atoms with Crippen molar-refractivity contribution in [2.45, 2.75) is 33.3 Å². The molecule has 2 aromatic heterocycles. The third-order valence-corrected chi connectivity index (χ3v) is 6.00. The van der Waals surface area contributed by atoms with Gasteiger partial charge < -0.3 is 18.9 Å². The molecule has 0 atom stereocenters. The number of pyridine rings is 1. The average molecular weight is 504 g/mol. The zero-order valence-corrected chi connectivity index (χ0v) is 20.5. The number of halogens is 2. The molecule has 0 aliphatic heterocycles. The minimum absolute atomic E-state index is 0.162. The van der Waals surface area contributed by atoms with Gasteiger partial charge in [-0.05, 0) is 75.7 Å². The summed E-state index contributed by atoms with van der Waals surface area (Å²) in [4.78, 5) is 17.3. The third kappa shape index (κ3) is 4.61. The summed E-state index contributed by atoms with van der Waals surface area (Å²) in [5.41, 5.74) is 1.17. The van der Waals surface area contributed by atoms with E-state index in [1.165, 1.54) is 6.07 Å². The van der Waals surface area contributed by atoms with Crippen molar-refractivity contribution in [1.82, 2.24) is 14.7 Å². The average Bonchev–Trinajstić information content (AvgIpc) is 3.28. The van der Waals surface area contributed by atoms with Crippen molar-refractivity contribution in [2.75, 3.05) is 0 Å². The largest absolute Gasteiger partial charge is 0.452 e. The number of aliphatic hydroxyl groups is 1. The van der Waals surface area contributed by atoms with Gasteiger partial charge >= 0.3 is 0 Å². The van der Waals surface area contributed by atoms with Crippen LogP contribution in [-0.4, -0.2) is 19.8 Å². The maximum atomic E-state index is 14.5. The molecule has 0 unspecified atom stereocenters. The molecule has 37 heavy (non-hydrogen) atoms. The first kappa shape index (κ1) is 24.3. The van der Waals surface area contributed by atoms with Gasteiger partial charge in [0, 0.05) is 28.8 Å². The van der Waals surface area contributed by atoms with E-state index in [0.717, 1.165) is 12.1 Å². The van der Waals surface area contributed by atoms with Crippen LogP contribution >= 0.6 is 0 Å². The molecule has 0 amide bonds. The first-order valence-corrected chi connectivity index (χ1v) is 11.5. The van der Waals surface area contributed by atoms with Crippen LogP contribution in [0, 0.1) is 25.5 Å². The smallest absolute Gasteiger partial charge is 0.257 e. The van der Waals surface area contributed by atoms with E-state index in [2.05, 4.69) is 10.1 Å². The molecule has 0 radical (unpaired) electrons. The number of hydrogen-bond acceptors (Lipinski definition) is 6. The number of aromatic nitrogens is 3. The molecule has 0 bridgehead atoms. The molecule has 3 aromatic carbocycles. The van der Waals surface area contributed by atoms with Crippen molar-refractivity contribution in [2.24, 2.45) is 0 Å². The van der Waals surface area contributed by atoms with Crippen LogP contribution in [0.25, 0.3) is 28.0 Å². The minimum Gasteiger partial charge on any atom is -0.452 e. The fourth-order valence-electron chi connectivity index (χ4n) is 4.05. The fraction of sp³-hybridized carbons (Fsp3) is 0.179. The van der Waals surface area contributed by atoms with Crippen molar-refractivity contribution in [3.8, 4) is 28.6 Å². The molecule has 1 N–H and O–H groups in total. The van der Waals surface area contributed by atoms with Gasteiger partial charge in [0.2, 0.25) is 0 Å². The zero-order chi connectivity index (χ0) is 26.5. The second-order valence-corrected chi connectivity index (χ2v) is 9.31. The first-order valence-electron chi connectivity index (χ1n) is 11.5. The molecule has 5 rings (SSSR count). The Hall–Kier alpha value is -4.37. The van der Waals surface area contributed by atoms with Crippen LogP contribution in [0.5, 0.6) is 11.5 Å². The van der Waals surface area contributed by atoms with Crippen molar-refractivity contribution in [3.63, 3.8) is 0 Å². The number of ether oxygens (including phenoxy) is 1. The van der Waals surface area contributed by atoms with E-state index in [-0.39, 0.29) is 22.8 Å². The van der Waals surface area contributed by atoms with E-state index < -0.39 is 17.2 Å². The predicted octanol–water partition coefficient (Wildman–Crippen LogP) is 5.96. The van der Waals surface area contributed by atoms with Crippen molar-refractivity contribution in [3.05, 3.63) is 99.6 Å². The van der Waals surface area contributed by atoms with Crippen LogP contribution in [-0.2, 0) is 5.60 Å². The maximum absolute atomic E-state index is 14.5. The van der Waals surface area contributed by atoms with Gasteiger partial charge in [0.1, 0.15) is 5.82 Å². The van der Waals surface area contributed by atoms with Gasteiger partial charge in [-0.2, -0.15) is 4.98 Å². The number of benzene rings is 3. The summed E-state index contributed by atoms with van der Waals surface area (Å²) in [5.74, 6) is -0.800. The molecule has 188 valence electrons. The molecular formula is C28H23F2N3O4. The Morgan fingerprint density at radius 2 is 1.76 bits per heavy atom. The molecule has 0 saturated heterocycles. The normalized spacial score (nSPS) is 11.8. The molecule has 0 aliphatic carbocycles. The van der Waals surface area contributed by atoms with Crippen LogP contribution < -0.4 is 10.2 Å². The highest BCUT2D eigenvalue weighted by molar-refractivity contribution is 5.85. The van der Waals surface area contributed by atoms with Gasteiger partial charge in [-0.25, -0.2) is 8.78 Å². The van der Waals surface area contributed by atoms with Gasteiger partial charge in [0.05, 0.1) is 16.8 Å². The number of hydrogen-bond donors (Lipinski definition) is 1. The molecule has 0 fully saturated rings. The zero-order valence-electron chi connectivity index (χ0n) is 20.5. The summed E-state index contributed by atoms with van der Waals surface area (Å²) in [7, 11) is 0. The lowest BCUT2D eigenvalue weighted by Gasteiger charge is -2.22. The lowest BCUT2D eigenvalue weighted by molar-refractivity contribution is 0.0785. The van der Waals surface area contributed by atoms with Gasteiger partial charge in [0.15, 0.2) is 28.6 Å². The second-order valence-electron chi connectivity index (χ2n) is 9.31. The Balaban J connectivity index is 1.78. The Bertz CT molecular complexity index is 1720. The number of fused-ring (bicyclic) bond motifs is 1. The standard InChI is InChI=1S/C28H23F2N3O4/c1-15-14-33(22-11-17(5-8-20(22)26(15)34)27-31-16(2)32-37-27)23-12-18(28(3,4)35)6-9-25(23)36-24-10-7-19(29)13-21(24)30/h5-14,35H,1-4H3. The molecule has 2 heterocycles. The summed E-state index contributed by atoms with van der Waals surface area (Å²) in [6.45, 7) is 6.66. The quantitative estimate of drug-likeness (QED) is 0.319. The fourth-order valence-corrected chi connectivity index (χ4v) is 4.05. The Kier molecular flexibility index (Phi) is 5.88. The van der Waals surface area contributed by atoms with Gasteiger partial charge in [-0.1, -0.05) is 11.2 Å². The summed E-state index contributed by atoms with van der Waals surface area (Å²) < 4.78 is 40.9. The van der Waals surface area contributed by atoms with Crippen LogP contribution in [0.1, 0.15) is 30.8 Å². The van der Waals surface area contributed by atoms with E-state index in [1.54, 1.807) is 74.9 Å².